The van der Waals surface area contributed by atoms with Crippen molar-refractivity contribution in [1.82, 2.24) is 0 Å². The first-order valence-corrected chi connectivity index (χ1v) is 5.12. The minimum atomic E-state index is -3.69. The molecule has 0 atom stereocenters. The standard InChI is InChI=1S/C7H8ClNO2S/c1-5-2-3-6(8)7(4-5)12(9,10)11/h2-4H,1H3,(H2,9,10,11). The molecule has 2 N–H and O–H groups in total. The van der Waals surface area contributed by atoms with Crippen LogP contribution in [0, 0.1) is 6.92 Å². The molecule has 0 fully saturated rings. The van der Waals surface area contributed by atoms with Crippen molar-refractivity contribution in [2.24, 2.45) is 5.14 Å². The van der Waals surface area contributed by atoms with E-state index in [1.165, 1.54) is 12.1 Å². The largest absolute Gasteiger partial charge is 0.239 e. The Morgan fingerprint density at radius 1 is 1.42 bits per heavy atom. The molecule has 1 aromatic rings. The molecule has 0 spiro atoms. The monoisotopic (exact) mass is 205 g/mol. The number of halogens is 1. The third-order valence-electron chi connectivity index (χ3n) is 1.39. The Hall–Kier alpha value is -0.580. The predicted octanol–water partition coefficient (Wildman–Crippen LogP) is 1.30. The number of rotatable bonds is 1. The molecule has 0 aliphatic rings. The highest BCUT2D eigenvalue weighted by atomic mass is 35.5. The van der Waals surface area contributed by atoms with Gasteiger partial charge in [0, 0.05) is 0 Å². The van der Waals surface area contributed by atoms with E-state index in [0.717, 1.165) is 5.56 Å². The number of nitrogens with two attached hydrogens (primary N) is 1. The van der Waals surface area contributed by atoms with Gasteiger partial charge in [-0.25, -0.2) is 13.6 Å². The van der Waals surface area contributed by atoms with E-state index in [1.54, 1.807) is 13.0 Å². The smallest absolute Gasteiger partial charge is 0.225 e. The normalized spacial score (nSPS) is 11.6. The number of primary sulfonamides is 1. The van der Waals surface area contributed by atoms with Gasteiger partial charge in [-0.3, -0.25) is 0 Å². The molecule has 12 heavy (non-hydrogen) atoms. The highest BCUT2D eigenvalue weighted by molar-refractivity contribution is 7.89. The molecule has 0 aliphatic carbocycles. The van der Waals surface area contributed by atoms with Crippen molar-refractivity contribution in [1.29, 1.82) is 0 Å². The molecule has 0 radical (unpaired) electrons. The Morgan fingerprint density at radius 2 is 2.00 bits per heavy atom. The van der Waals surface area contributed by atoms with E-state index in [1.807, 2.05) is 0 Å². The highest BCUT2D eigenvalue weighted by Crippen LogP contribution is 2.20. The molecule has 0 amide bonds. The topological polar surface area (TPSA) is 60.2 Å². The SMILES string of the molecule is Cc1ccc(Cl)c(S(N)(=O)=O)c1. The maximum Gasteiger partial charge on any atom is 0.239 e. The maximum absolute atomic E-state index is 10.9. The van der Waals surface area contributed by atoms with Gasteiger partial charge in [0.15, 0.2) is 0 Å². The van der Waals surface area contributed by atoms with Crippen LogP contribution in [0.1, 0.15) is 5.56 Å². The van der Waals surface area contributed by atoms with Crippen LogP contribution in [-0.2, 0) is 10.0 Å². The van der Waals surface area contributed by atoms with Crippen molar-refractivity contribution in [2.45, 2.75) is 11.8 Å². The van der Waals surface area contributed by atoms with E-state index in [9.17, 15) is 8.42 Å². The first-order valence-electron chi connectivity index (χ1n) is 3.20. The molecule has 3 nitrogen and oxygen atoms in total. The van der Waals surface area contributed by atoms with Crippen LogP contribution in [0.25, 0.3) is 0 Å². The zero-order chi connectivity index (χ0) is 9.35. The van der Waals surface area contributed by atoms with Crippen molar-refractivity contribution in [2.75, 3.05) is 0 Å². The second-order valence-corrected chi connectivity index (χ2v) is 4.42. The fourth-order valence-electron chi connectivity index (χ4n) is 0.829. The first-order chi connectivity index (χ1) is 5.41. The second-order valence-electron chi connectivity index (χ2n) is 2.48. The van der Waals surface area contributed by atoms with Crippen LogP contribution in [-0.4, -0.2) is 8.42 Å². The molecular formula is C7H8ClNO2S. The molecule has 0 aromatic heterocycles. The van der Waals surface area contributed by atoms with Gasteiger partial charge >= 0.3 is 0 Å². The molecule has 0 saturated carbocycles. The summed E-state index contributed by atoms with van der Waals surface area (Å²) in [5.41, 5.74) is 0.809. The van der Waals surface area contributed by atoms with Crippen LogP contribution in [0.3, 0.4) is 0 Å². The molecule has 0 unspecified atom stereocenters. The van der Waals surface area contributed by atoms with Gasteiger partial charge in [0.2, 0.25) is 10.0 Å². The third-order valence-corrected chi connectivity index (χ3v) is 2.79. The number of sulfonamides is 1. The predicted molar refractivity (Wildman–Crippen MR) is 47.6 cm³/mol. The van der Waals surface area contributed by atoms with Gasteiger partial charge in [0.05, 0.1) is 5.02 Å². The summed E-state index contributed by atoms with van der Waals surface area (Å²) in [5.74, 6) is 0. The molecule has 0 heterocycles. The highest BCUT2D eigenvalue weighted by Gasteiger charge is 2.11. The molecule has 0 saturated heterocycles. The summed E-state index contributed by atoms with van der Waals surface area (Å²) in [6.45, 7) is 1.77. The Morgan fingerprint density at radius 3 is 2.42 bits per heavy atom. The average molecular weight is 206 g/mol. The van der Waals surface area contributed by atoms with Crippen molar-refractivity contribution < 1.29 is 8.42 Å². The summed E-state index contributed by atoms with van der Waals surface area (Å²) >= 11 is 5.62. The lowest BCUT2D eigenvalue weighted by Gasteiger charge is -2.01. The third kappa shape index (κ3) is 1.97. The minimum Gasteiger partial charge on any atom is -0.225 e. The summed E-state index contributed by atoms with van der Waals surface area (Å²) in [5, 5.41) is 5.07. The number of aryl methyl sites for hydroxylation is 1. The van der Waals surface area contributed by atoms with Gasteiger partial charge < -0.3 is 0 Å². The van der Waals surface area contributed by atoms with Gasteiger partial charge in [0.25, 0.3) is 0 Å². The minimum absolute atomic E-state index is 0.0239. The van der Waals surface area contributed by atoms with E-state index in [-0.39, 0.29) is 9.92 Å². The molecule has 5 heteroatoms. The van der Waals surface area contributed by atoms with Crippen molar-refractivity contribution >= 4 is 21.6 Å². The first kappa shape index (κ1) is 9.51. The number of benzene rings is 1. The zero-order valence-corrected chi connectivity index (χ0v) is 7.98. The molecule has 0 bridgehead atoms. The summed E-state index contributed by atoms with van der Waals surface area (Å²) in [4.78, 5) is -0.0239. The van der Waals surface area contributed by atoms with Crippen LogP contribution in [0.5, 0.6) is 0 Å². The Balaban J connectivity index is 3.43. The second kappa shape index (κ2) is 3.05. The zero-order valence-electron chi connectivity index (χ0n) is 6.41. The van der Waals surface area contributed by atoms with Crippen molar-refractivity contribution in [3.63, 3.8) is 0 Å². The summed E-state index contributed by atoms with van der Waals surface area (Å²) < 4.78 is 21.8. The van der Waals surface area contributed by atoms with Gasteiger partial charge in [-0.1, -0.05) is 17.7 Å². The van der Waals surface area contributed by atoms with Gasteiger partial charge in [-0.2, -0.15) is 0 Å². The fourth-order valence-corrected chi connectivity index (χ4v) is 1.96. The van der Waals surface area contributed by atoms with E-state index in [4.69, 9.17) is 16.7 Å². The maximum atomic E-state index is 10.9. The van der Waals surface area contributed by atoms with Gasteiger partial charge in [-0.05, 0) is 24.6 Å². The van der Waals surface area contributed by atoms with E-state index in [2.05, 4.69) is 0 Å². The summed E-state index contributed by atoms with van der Waals surface area (Å²) in [6.07, 6.45) is 0. The number of hydrogen-bond acceptors (Lipinski definition) is 2. The van der Waals surface area contributed by atoms with E-state index in [0.29, 0.717) is 0 Å². The Bertz CT molecular complexity index is 400. The van der Waals surface area contributed by atoms with Gasteiger partial charge in [-0.15, -0.1) is 0 Å². The fraction of sp³-hybridized carbons (Fsp3) is 0.143. The Kier molecular flexibility index (Phi) is 2.41. The van der Waals surface area contributed by atoms with Crippen LogP contribution in [0.4, 0.5) is 0 Å². The van der Waals surface area contributed by atoms with Crippen LogP contribution < -0.4 is 5.14 Å². The lowest BCUT2D eigenvalue weighted by atomic mass is 10.2. The Labute approximate surface area is 76.2 Å². The number of hydrogen-bond donors (Lipinski definition) is 1. The molecule has 66 valence electrons. The summed E-state index contributed by atoms with van der Waals surface area (Å²) in [6, 6.07) is 4.67. The van der Waals surface area contributed by atoms with Crippen LogP contribution >= 0.6 is 11.6 Å². The molecular weight excluding hydrogens is 198 g/mol. The van der Waals surface area contributed by atoms with Crippen molar-refractivity contribution in [3.8, 4) is 0 Å². The molecule has 0 aliphatic heterocycles. The molecule has 1 aromatic carbocycles. The van der Waals surface area contributed by atoms with E-state index < -0.39 is 10.0 Å². The van der Waals surface area contributed by atoms with E-state index >= 15 is 0 Å². The average Bonchev–Trinajstić information content (AvgIpc) is 1.92. The van der Waals surface area contributed by atoms with Crippen LogP contribution in [0.15, 0.2) is 23.1 Å². The lowest BCUT2D eigenvalue weighted by Crippen LogP contribution is -2.12. The molecule has 1 rings (SSSR count). The quantitative estimate of drug-likeness (QED) is 0.751. The van der Waals surface area contributed by atoms with Crippen LogP contribution in [0.2, 0.25) is 5.02 Å². The summed E-state index contributed by atoms with van der Waals surface area (Å²) in [7, 11) is -3.69. The van der Waals surface area contributed by atoms with Gasteiger partial charge in [0.1, 0.15) is 4.90 Å². The lowest BCUT2D eigenvalue weighted by molar-refractivity contribution is 0.598. The van der Waals surface area contributed by atoms with Crippen molar-refractivity contribution in [3.05, 3.63) is 28.8 Å².